The number of hydroxylamine groups is 2. The highest BCUT2D eigenvalue weighted by atomic mass is 79.9. The zero-order chi connectivity index (χ0) is 62.8. The zero-order valence-electron chi connectivity index (χ0n) is 49.5. The van der Waals surface area contributed by atoms with Gasteiger partial charge in [0.25, 0.3) is 0 Å². The highest BCUT2D eigenvalue weighted by molar-refractivity contribution is 9.09. The summed E-state index contributed by atoms with van der Waals surface area (Å²) in [5.74, 6) is 1.79. The average molecular weight is 1370 g/mol. The Morgan fingerprint density at radius 1 is 0.521 bits per heavy atom. The molecule has 0 spiro atoms. The number of esters is 2. The number of benzene rings is 1. The van der Waals surface area contributed by atoms with E-state index in [9.17, 15) is 19.2 Å². The van der Waals surface area contributed by atoms with Gasteiger partial charge < -0.3 is 51.1 Å². The minimum absolute atomic E-state index is 0. The van der Waals surface area contributed by atoms with Crippen LogP contribution in [0, 0.1) is 47.3 Å². The third kappa shape index (κ3) is 18.0. The number of nitrogens with zero attached hydrogens (tertiary/aromatic N) is 15. The van der Waals surface area contributed by atoms with Gasteiger partial charge >= 0.3 is 11.9 Å². The number of hydrogen-bond donors (Lipinski definition) is 8. The molecule has 0 unspecified atom stereocenters. The fourth-order valence-corrected chi connectivity index (χ4v) is 13.3. The monoisotopic (exact) mass is 1370 g/mol. The minimum atomic E-state index is -0.335. The molecule has 4 saturated carbocycles. The molecule has 2 amide bonds. The lowest BCUT2D eigenvalue weighted by Crippen LogP contribution is -2.32. The molecule has 0 radical (unpaired) electrons. The summed E-state index contributed by atoms with van der Waals surface area (Å²) in [7, 11) is 2.89. The molecule has 1 aromatic carbocycles. The number of nitrogens with one attached hydrogen (secondary N) is 3. The number of anilines is 4. The number of imidazole rings is 4. The second kappa shape index (κ2) is 35.8. The summed E-state index contributed by atoms with van der Waals surface area (Å²) in [6.07, 6.45) is 19.0. The molecule has 514 valence electrons. The van der Waals surface area contributed by atoms with Crippen LogP contribution in [0.4, 0.5) is 23.3 Å². The van der Waals surface area contributed by atoms with E-state index in [1.54, 1.807) is 24.5 Å². The van der Waals surface area contributed by atoms with Gasteiger partial charge in [-0.15, -0.1) is 0 Å². The molecule has 8 aromatic heterocycles. The number of halogens is 1. The third-order valence-corrected chi connectivity index (χ3v) is 17.8. The molecule has 12 N–H and O–H groups in total. The van der Waals surface area contributed by atoms with Gasteiger partial charge in [0.1, 0.15) is 47.4 Å². The van der Waals surface area contributed by atoms with Gasteiger partial charge in [-0.1, -0.05) is 119 Å². The predicted molar refractivity (Wildman–Crippen MR) is 366 cm³/mol. The number of nitrogen functional groups attached to an aromatic ring is 4. The first-order valence-corrected chi connectivity index (χ1v) is 29.7. The Morgan fingerprint density at radius 3 is 1.33 bits per heavy atom. The number of amides is 2. The van der Waals surface area contributed by atoms with Crippen molar-refractivity contribution in [3.63, 3.8) is 0 Å². The van der Waals surface area contributed by atoms with Crippen molar-refractivity contribution < 1.29 is 38.7 Å². The van der Waals surface area contributed by atoms with Gasteiger partial charge in [-0.2, -0.15) is 0 Å². The Bertz CT molecular complexity index is 3730. The molecule has 4 aliphatic carbocycles. The number of aromatic amines is 1. The van der Waals surface area contributed by atoms with Gasteiger partial charge in [0.05, 0.1) is 58.0 Å². The van der Waals surface area contributed by atoms with E-state index in [-0.39, 0.29) is 128 Å². The van der Waals surface area contributed by atoms with Crippen LogP contribution in [-0.2, 0) is 40.1 Å². The quantitative estimate of drug-likeness (QED) is 0.0273. The van der Waals surface area contributed by atoms with Crippen molar-refractivity contribution in [2.24, 2.45) is 47.3 Å². The number of carbonyl (C=O) groups excluding carboxylic acids is 4. The van der Waals surface area contributed by atoms with Crippen molar-refractivity contribution in [2.45, 2.75) is 153 Å². The highest BCUT2D eigenvalue weighted by Crippen LogP contribution is 2.43. The van der Waals surface area contributed by atoms with Crippen LogP contribution >= 0.6 is 15.9 Å². The SMILES string of the molecule is C.C.C.C.C.C.COC(=O)[C@H]1C[C@@H](Br)C[C@@H]1C.COC(=O)[C@H]1C[C@H](n2cnc3c(N)ncnc32)C[C@@H]1C.C[C@H]1C[C@@H](n2cnc3c(N)ncnc32)C[C@@H]1C(=O)NO.C[C@H]1C[C@@H](n2cnc3c(N)ncnc32)C[C@@H]1C(=O)NOCc1ccccc1.Nc1ncnc2nc[nH]c12. The standard InChI is InChI=1S/C19H22N6O2.C13H17N5O2.C12H16N6O2.C8H13BrO2.C5H5N5.6CH4/c1-12-7-14(25-11-23-16-17(20)21-10-22-18(16)25)8-15(12)19(26)24-27-9-13-5-3-2-4-6-13;1-7-3-8(4-9(7)13(19)20-2)18-6-17-10-11(14)15-5-16-12(10)18;1-6-2-7(3-8(6)12(19)17-20)18-5-16-9-10(13)14-4-15-11(9)18;1-5-3-6(9)4-7(5)8(10)11-2;6-4-3-5(9-1-7-3)10-2-8-4;;;;;;/h2-6,10-12,14-15H,7-9H2,1H3,(H,24,26)(H2,20,21,22);5-9H,3-4H2,1-2H3,(H2,14,15,16);4-8,20H,2-3H2,1H3,(H,17,19)(H2,13,14,15);5-7H,3-4H2,1-2H3;1-2H,(H3,6,7,8,9,10);6*1H4/t12-,14+,15-;7-,8+,9-;6-,7+,8-;5-,6-,7-;;;;;;;/m0000......./s1. The number of hydrogen-bond acceptors (Lipinski definition) is 24. The molecule has 0 bridgehead atoms. The number of fused-ring (bicyclic) bond motifs is 4. The maximum atomic E-state index is 12.6. The van der Waals surface area contributed by atoms with Gasteiger partial charge in [-0.05, 0) is 80.6 Å². The molecule has 4 aliphatic rings. The van der Waals surface area contributed by atoms with Crippen LogP contribution in [0.1, 0.15) is 147 Å². The Balaban J connectivity index is 0.000000313. The number of alkyl halides is 1. The zero-order valence-corrected chi connectivity index (χ0v) is 51.1. The molecule has 0 aliphatic heterocycles. The van der Waals surface area contributed by atoms with Crippen LogP contribution in [0.25, 0.3) is 44.7 Å². The van der Waals surface area contributed by atoms with E-state index in [0.717, 1.165) is 49.7 Å². The lowest BCUT2D eigenvalue weighted by molar-refractivity contribution is -0.147. The van der Waals surface area contributed by atoms with Gasteiger partial charge in [0, 0.05) is 34.8 Å². The van der Waals surface area contributed by atoms with Crippen LogP contribution in [0.2, 0.25) is 0 Å². The smallest absolute Gasteiger partial charge is 0.309 e. The largest absolute Gasteiger partial charge is 0.469 e. The summed E-state index contributed by atoms with van der Waals surface area (Å²) in [6.45, 7) is 8.61. The molecule has 31 heteroatoms. The lowest BCUT2D eigenvalue weighted by atomic mass is 9.98. The van der Waals surface area contributed by atoms with E-state index in [4.69, 9.17) is 42.5 Å². The van der Waals surface area contributed by atoms with E-state index in [1.807, 2.05) is 51.0 Å². The highest BCUT2D eigenvalue weighted by Gasteiger charge is 2.41. The molecular formula is C63H97BrN22O8. The van der Waals surface area contributed by atoms with Crippen molar-refractivity contribution in [3.8, 4) is 0 Å². The minimum Gasteiger partial charge on any atom is -0.469 e. The Labute approximate surface area is 557 Å². The lowest BCUT2D eigenvalue weighted by Gasteiger charge is -2.15. The summed E-state index contributed by atoms with van der Waals surface area (Å²) >= 11 is 3.51. The van der Waals surface area contributed by atoms with Gasteiger partial charge in [-0.3, -0.25) is 29.2 Å². The second-order valence-electron chi connectivity index (χ2n) is 22.7. The van der Waals surface area contributed by atoms with Crippen LogP contribution in [0.15, 0.2) is 81.0 Å². The molecule has 94 heavy (non-hydrogen) atoms. The van der Waals surface area contributed by atoms with E-state index >= 15 is 0 Å². The van der Waals surface area contributed by atoms with Crippen molar-refractivity contribution in [1.82, 2.24) is 89.5 Å². The Hall–Kier alpha value is -9.10. The van der Waals surface area contributed by atoms with Gasteiger partial charge in [0.15, 0.2) is 45.9 Å². The predicted octanol–water partition coefficient (Wildman–Crippen LogP) is 9.63. The number of rotatable bonds is 10. The van der Waals surface area contributed by atoms with Gasteiger partial charge in [0.2, 0.25) is 11.8 Å². The molecule has 4 fully saturated rings. The topological polar surface area (TPSA) is 430 Å². The maximum Gasteiger partial charge on any atom is 0.309 e. The van der Waals surface area contributed by atoms with Crippen LogP contribution in [0.5, 0.6) is 0 Å². The van der Waals surface area contributed by atoms with E-state index in [0.29, 0.717) is 92.5 Å². The Kier molecular flexibility index (Phi) is 30.1. The average Bonchev–Trinajstić information content (AvgIpc) is 1.65. The maximum absolute atomic E-state index is 12.6. The first kappa shape index (κ1) is 79.1. The molecule has 12 atom stereocenters. The van der Waals surface area contributed by atoms with E-state index in [1.165, 1.54) is 45.9 Å². The van der Waals surface area contributed by atoms with Crippen LogP contribution in [0.3, 0.4) is 0 Å². The van der Waals surface area contributed by atoms with E-state index in [2.05, 4.69) is 107 Å². The van der Waals surface area contributed by atoms with Crippen molar-refractivity contribution in [1.29, 1.82) is 0 Å². The summed E-state index contributed by atoms with van der Waals surface area (Å²) < 4.78 is 15.5. The molecule has 9 aromatic rings. The molecule has 30 nitrogen and oxygen atoms in total. The molecule has 0 saturated heterocycles. The molecular weight excluding hydrogens is 1270 g/mol. The summed E-state index contributed by atoms with van der Waals surface area (Å²) in [6, 6.07) is 10.2. The first-order valence-electron chi connectivity index (χ1n) is 28.8. The van der Waals surface area contributed by atoms with Crippen LogP contribution < -0.4 is 33.9 Å². The van der Waals surface area contributed by atoms with Crippen molar-refractivity contribution in [2.75, 3.05) is 37.2 Å². The number of aromatic nitrogens is 16. The summed E-state index contributed by atoms with van der Waals surface area (Å²) in [5, 5.41) is 8.78. The van der Waals surface area contributed by atoms with Crippen LogP contribution in [-0.4, -0.2) is 127 Å². The van der Waals surface area contributed by atoms with Gasteiger partial charge in [-0.25, -0.2) is 70.8 Å². The van der Waals surface area contributed by atoms with E-state index < -0.39 is 0 Å². The van der Waals surface area contributed by atoms with Crippen molar-refractivity contribution in [3.05, 3.63) is 86.5 Å². The second-order valence-corrected chi connectivity index (χ2v) is 23.9. The number of nitrogens with two attached hydrogens (primary N) is 4. The van der Waals surface area contributed by atoms with Crippen molar-refractivity contribution >= 4 is 108 Å². The number of methoxy groups -OCH3 is 2. The number of carbonyl (C=O) groups is 4. The Morgan fingerprint density at radius 2 is 0.915 bits per heavy atom. The number of ether oxygens (including phenoxy) is 2. The molecule has 8 heterocycles. The fraction of sp³-hybridized carbons (Fsp3) is 0.524. The fourth-order valence-electron chi connectivity index (χ4n) is 12.3. The normalized spacial score (nSPS) is 22.9. The number of H-pyrrole nitrogens is 1. The summed E-state index contributed by atoms with van der Waals surface area (Å²) in [5.41, 5.74) is 33.5. The summed E-state index contributed by atoms with van der Waals surface area (Å²) in [4.78, 5) is 105. The first-order chi connectivity index (χ1) is 42.4. The molecule has 13 rings (SSSR count). The third-order valence-electron chi connectivity index (χ3n) is 17.0.